The Morgan fingerprint density at radius 1 is 0.923 bits per heavy atom. The second-order valence-electron chi connectivity index (χ2n) is 1.22. The van der Waals surface area contributed by atoms with Gasteiger partial charge < -0.3 is 19.8 Å². The normalized spacial score (nSPS) is 8.77. The molecule has 0 N–H and O–H groups in total. The van der Waals surface area contributed by atoms with Crippen molar-refractivity contribution >= 4 is 57.1 Å². The molecule has 0 aliphatic carbocycles. The number of carbonyl (C=O) groups is 2. The summed E-state index contributed by atoms with van der Waals surface area (Å²) in [4.78, 5) is 18.8. The third-order valence-corrected chi connectivity index (χ3v) is 1.12. The molecular formula is C6H4CdI2O4. The van der Waals surface area contributed by atoms with Crippen LogP contribution in [0.4, 0.5) is 0 Å². The maximum Gasteiger partial charge on any atom is 2.00 e. The molecule has 0 aliphatic heterocycles. The van der Waals surface area contributed by atoms with Gasteiger partial charge in [0.1, 0.15) is 0 Å². The molecule has 0 aromatic rings. The number of halogens is 2. The molecule has 0 radical (unpaired) electrons. The van der Waals surface area contributed by atoms with Crippen molar-refractivity contribution in [2.75, 3.05) is 0 Å². The molecule has 13 heavy (non-hydrogen) atoms. The largest absolute Gasteiger partial charge is 2.00 e. The number of hydrogen-bond donors (Lipinski definition) is 0. The van der Waals surface area contributed by atoms with Crippen LogP contribution in [-0.2, 0) is 36.9 Å². The zero-order valence-corrected chi connectivity index (χ0v) is 14.8. The second kappa shape index (κ2) is 15.3. The van der Waals surface area contributed by atoms with Crippen LogP contribution in [0.25, 0.3) is 0 Å². The summed E-state index contributed by atoms with van der Waals surface area (Å²) in [6, 6.07) is 0. The molecule has 0 amide bonds. The van der Waals surface area contributed by atoms with Crippen LogP contribution in [0.2, 0.25) is 0 Å². The standard InChI is InChI=1S/2C3H3IO2.Cd/c2*4-2-1-3(5)6;/h2*1-2H,(H,5,6);/q;;+2/p-2/b2*2-1+;. The monoisotopic (exact) mass is 508 g/mol. The van der Waals surface area contributed by atoms with Crippen LogP contribution in [0.5, 0.6) is 0 Å². The van der Waals surface area contributed by atoms with E-state index in [1.165, 1.54) is 8.17 Å². The van der Waals surface area contributed by atoms with Crippen molar-refractivity contribution < 1.29 is 47.1 Å². The van der Waals surface area contributed by atoms with Gasteiger partial charge in [-0.1, -0.05) is 45.2 Å². The van der Waals surface area contributed by atoms with E-state index in [4.69, 9.17) is 0 Å². The summed E-state index contributed by atoms with van der Waals surface area (Å²) in [6.45, 7) is 0. The number of hydrogen-bond acceptors (Lipinski definition) is 4. The Morgan fingerprint density at radius 3 is 1.15 bits per heavy atom. The van der Waals surface area contributed by atoms with Gasteiger partial charge in [0.15, 0.2) is 0 Å². The number of rotatable bonds is 2. The molecule has 0 aliphatic rings. The molecule has 0 heterocycles. The van der Waals surface area contributed by atoms with E-state index < -0.39 is 11.9 Å². The summed E-state index contributed by atoms with van der Waals surface area (Å²) in [6.07, 6.45) is 1.92. The summed E-state index contributed by atoms with van der Waals surface area (Å²) in [5.74, 6) is -2.30. The van der Waals surface area contributed by atoms with Crippen LogP contribution in [0, 0.1) is 0 Å². The van der Waals surface area contributed by atoms with Crippen molar-refractivity contribution in [3.8, 4) is 0 Å². The van der Waals surface area contributed by atoms with Crippen LogP contribution in [-0.4, -0.2) is 11.9 Å². The molecule has 0 saturated heterocycles. The first-order valence-electron chi connectivity index (χ1n) is 2.50. The molecule has 0 aromatic heterocycles. The van der Waals surface area contributed by atoms with Crippen LogP contribution in [0.1, 0.15) is 0 Å². The van der Waals surface area contributed by atoms with E-state index in [0.717, 1.165) is 12.2 Å². The molecule has 0 unspecified atom stereocenters. The third kappa shape index (κ3) is 32.3. The number of carboxylic acid groups (broad SMARTS) is 2. The van der Waals surface area contributed by atoms with Gasteiger partial charge in [-0.05, 0) is 20.3 Å². The summed E-state index contributed by atoms with van der Waals surface area (Å²) < 4.78 is 2.76. The zero-order valence-electron chi connectivity index (χ0n) is 6.41. The van der Waals surface area contributed by atoms with Crippen LogP contribution in [0.15, 0.2) is 20.3 Å². The summed E-state index contributed by atoms with van der Waals surface area (Å²) in [5.41, 5.74) is 0. The predicted octanol–water partition coefficient (Wildman–Crippen LogP) is -0.632. The summed E-state index contributed by atoms with van der Waals surface area (Å²) in [7, 11) is 0. The van der Waals surface area contributed by atoms with Crippen LogP contribution < -0.4 is 10.2 Å². The van der Waals surface area contributed by atoms with E-state index in [1.807, 2.05) is 0 Å². The van der Waals surface area contributed by atoms with E-state index in [1.54, 1.807) is 45.2 Å². The Hall–Kier alpha value is 0.802. The molecule has 4 nitrogen and oxygen atoms in total. The Labute approximate surface area is 123 Å². The fraction of sp³-hybridized carbons (Fsp3) is 0. The molecule has 0 fully saturated rings. The number of aliphatic carboxylic acids is 2. The molecule has 0 saturated carbocycles. The smallest absolute Gasteiger partial charge is 0.545 e. The predicted molar refractivity (Wildman–Crippen MR) is 56.3 cm³/mol. The van der Waals surface area contributed by atoms with E-state index in [2.05, 4.69) is 0 Å². The topological polar surface area (TPSA) is 80.3 Å². The van der Waals surface area contributed by atoms with Gasteiger partial charge in [0.25, 0.3) is 0 Å². The molecule has 0 spiro atoms. The molecular weight excluding hydrogens is 502 g/mol. The van der Waals surface area contributed by atoms with Crippen LogP contribution >= 0.6 is 45.2 Å². The maximum atomic E-state index is 9.40. The van der Waals surface area contributed by atoms with Gasteiger partial charge in [0, 0.05) is 0 Å². The van der Waals surface area contributed by atoms with Crippen molar-refractivity contribution in [1.82, 2.24) is 0 Å². The molecule has 0 bridgehead atoms. The number of carbonyl (C=O) groups excluding carboxylic acids is 2. The van der Waals surface area contributed by atoms with Gasteiger partial charge in [-0.15, -0.1) is 0 Å². The van der Waals surface area contributed by atoms with Crippen LogP contribution in [0.3, 0.4) is 0 Å². The third-order valence-electron chi connectivity index (χ3n) is 0.398. The first-order chi connectivity index (χ1) is 5.54. The van der Waals surface area contributed by atoms with Gasteiger partial charge in [-0.3, -0.25) is 0 Å². The van der Waals surface area contributed by atoms with Gasteiger partial charge >= 0.3 is 27.3 Å². The van der Waals surface area contributed by atoms with E-state index in [9.17, 15) is 19.8 Å². The molecule has 0 aromatic carbocycles. The Balaban J connectivity index is -0.000000143. The average molecular weight is 506 g/mol. The molecule has 0 rings (SSSR count). The van der Waals surface area contributed by atoms with Crippen molar-refractivity contribution in [1.29, 1.82) is 0 Å². The minimum Gasteiger partial charge on any atom is -0.545 e. The summed E-state index contributed by atoms with van der Waals surface area (Å²) in [5, 5.41) is 18.8. The Morgan fingerprint density at radius 2 is 1.15 bits per heavy atom. The maximum absolute atomic E-state index is 9.40. The van der Waals surface area contributed by atoms with Gasteiger partial charge in [0.05, 0.1) is 11.9 Å². The average Bonchev–Trinajstić information content (AvgIpc) is 1.87. The quantitative estimate of drug-likeness (QED) is 0.284. The summed E-state index contributed by atoms with van der Waals surface area (Å²) >= 11 is 3.60. The molecule has 0 atom stereocenters. The van der Waals surface area contributed by atoms with Gasteiger partial charge in [-0.25, -0.2) is 0 Å². The van der Waals surface area contributed by atoms with Gasteiger partial charge in [-0.2, -0.15) is 0 Å². The van der Waals surface area contributed by atoms with Crippen molar-refractivity contribution in [3.05, 3.63) is 20.3 Å². The van der Waals surface area contributed by atoms with Crippen molar-refractivity contribution in [2.24, 2.45) is 0 Å². The van der Waals surface area contributed by atoms with E-state index in [-0.39, 0.29) is 27.3 Å². The van der Waals surface area contributed by atoms with E-state index in [0.29, 0.717) is 0 Å². The molecule has 7 heteroatoms. The number of carboxylic acids is 2. The fourth-order valence-electron chi connectivity index (χ4n) is 0.103. The fourth-order valence-corrected chi connectivity index (χ4v) is 0.690. The minimum absolute atomic E-state index is 0. The second-order valence-corrected chi connectivity index (χ2v) is 2.66. The van der Waals surface area contributed by atoms with E-state index >= 15 is 0 Å². The van der Waals surface area contributed by atoms with Crippen molar-refractivity contribution in [2.45, 2.75) is 0 Å². The Bertz CT molecular complexity index is 181. The first kappa shape index (κ1) is 19.4. The first-order valence-corrected chi connectivity index (χ1v) is 4.99. The SMILES string of the molecule is O=C([O-])/C=C/I.O=C([O-])/C=C/I.[Cd+2]. The Kier molecular flexibility index (Phi) is 22.8. The minimum atomic E-state index is -1.15. The van der Waals surface area contributed by atoms with Gasteiger partial charge in [0.2, 0.25) is 0 Å². The zero-order chi connectivity index (χ0) is 9.98. The van der Waals surface area contributed by atoms with Crippen molar-refractivity contribution in [3.63, 3.8) is 0 Å². The molecule has 68 valence electrons.